The number of fused-ring (bicyclic) bond motifs is 1. The van der Waals surface area contributed by atoms with Gasteiger partial charge in [-0.1, -0.05) is 0 Å². The van der Waals surface area contributed by atoms with E-state index in [9.17, 15) is 9.90 Å². The number of aryl methyl sites for hydroxylation is 2. The molecule has 2 N–H and O–H groups in total. The van der Waals surface area contributed by atoms with Crippen molar-refractivity contribution in [1.82, 2.24) is 14.9 Å². The number of aromatic nitrogens is 2. The lowest BCUT2D eigenvalue weighted by atomic mass is 10.1. The molecule has 3 aromatic rings. The number of phenolic OH excluding ortho intramolecular Hbond substituents is 1. The SMILES string of the molecule is Cc1cnc(C(=O)N2CCOc3c(O)cc(-c4ccc(C)s4)cc3C2)[nH]1. The third kappa shape index (κ3) is 3.06. The standard InChI is InChI=1S/C19H19N3O3S/c1-11-9-20-18(21-11)19(24)22-5-6-25-17-14(10-22)7-13(8-15(17)23)16-4-3-12(2)26-16/h3-4,7-9,23H,5-6,10H2,1-2H3,(H,20,21). The molecule has 3 heterocycles. The second-order valence-electron chi connectivity index (χ2n) is 6.38. The molecule has 1 amide bonds. The van der Waals surface area contributed by atoms with Crippen molar-refractivity contribution in [2.75, 3.05) is 13.2 Å². The van der Waals surface area contributed by atoms with Crippen LogP contribution in [0.3, 0.4) is 0 Å². The summed E-state index contributed by atoms with van der Waals surface area (Å²) in [5.41, 5.74) is 2.55. The highest BCUT2D eigenvalue weighted by Crippen LogP contribution is 2.39. The van der Waals surface area contributed by atoms with Crippen molar-refractivity contribution in [2.24, 2.45) is 0 Å². The van der Waals surface area contributed by atoms with E-state index in [-0.39, 0.29) is 11.7 Å². The second-order valence-corrected chi connectivity index (χ2v) is 7.67. The van der Waals surface area contributed by atoms with Crippen LogP contribution in [0.4, 0.5) is 0 Å². The van der Waals surface area contributed by atoms with Crippen LogP contribution in [-0.2, 0) is 6.54 Å². The number of hydrogen-bond donors (Lipinski definition) is 2. The van der Waals surface area contributed by atoms with Gasteiger partial charge in [0.15, 0.2) is 17.3 Å². The number of aromatic hydroxyl groups is 1. The van der Waals surface area contributed by atoms with Crippen LogP contribution >= 0.6 is 11.3 Å². The van der Waals surface area contributed by atoms with Crippen molar-refractivity contribution in [1.29, 1.82) is 0 Å². The van der Waals surface area contributed by atoms with Crippen LogP contribution in [0, 0.1) is 13.8 Å². The monoisotopic (exact) mass is 369 g/mol. The van der Waals surface area contributed by atoms with Gasteiger partial charge in [0.2, 0.25) is 0 Å². The first-order chi connectivity index (χ1) is 12.5. The number of imidazole rings is 1. The second kappa shape index (κ2) is 6.49. The van der Waals surface area contributed by atoms with Crippen molar-refractivity contribution in [3.63, 3.8) is 0 Å². The molecule has 26 heavy (non-hydrogen) atoms. The zero-order valence-electron chi connectivity index (χ0n) is 14.6. The lowest BCUT2D eigenvalue weighted by Gasteiger charge is -2.18. The van der Waals surface area contributed by atoms with Gasteiger partial charge in [0.05, 0.1) is 13.1 Å². The molecule has 7 heteroatoms. The van der Waals surface area contributed by atoms with Crippen molar-refractivity contribution in [3.8, 4) is 21.9 Å². The molecule has 0 spiro atoms. The molecule has 0 saturated heterocycles. The average Bonchev–Trinajstić information content (AvgIpc) is 3.17. The molecule has 1 aliphatic heterocycles. The smallest absolute Gasteiger partial charge is 0.290 e. The van der Waals surface area contributed by atoms with Gasteiger partial charge >= 0.3 is 0 Å². The quantitative estimate of drug-likeness (QED) is 0.725. The van der Waals surface area contributed by atoms with E-state index in [0.29, 0.717) is 31.3 Å². The lowest BCUT2D eigenvalue weighted by molar-refractivity contribution is 0.0722. The zero-order valence-corrected chi connectivity index (χ0v) is 15.4. The number of amides is 1. The Bertz CT molecular complexity index is 976. The van der Waals surface area contributed by atoms with Gasteiger partial charge in [-0.25, -0.2) is 4.98 Å². The molecule has 1 aromatic carbocycles. The minimum Gasteiger partial charge on any atom is -0.504 e. The first-order valence-corrected chi connectivity index (χ1v) is 9.19. The Balaban J connectivity index is 1.68. The van der Waals surface area contributed by atoms with Crippen molar-refractivity contribution >= 4 is 17.2 Å². The number of carbonyl (C=O) groups excluding carboxylic acids is 1. The third-order valence-corrected chi connectivity index (χ3v) is 5.38. The first-order valence-electron chi connectivity index (χ1n) is 8.37. The Morgan fingerprint density at radius 3 is 2.88 bits per heavy atom. The summed E-state index contributed by atoms with van der Waals surface area (Å²) in [6, 6.07) is 7.79. The van der Waals surface area contributed by atoms with E-state index >= 15 is 0 Å². The van der Waals surface area contributed by atoms with Gasteiger partial charge in [-0.2, -0.15) is 0 Å². The van der Waals surface area contributed by atoms with Crippen molar-refractivity contribution < 1.29 is 14.6 Å². The van der Waals surface area contributed by atoms with E-state index in [0.717, 1.165) is 21.7 Å². The minimum absolute atomic E-state index is 0.103. The molecule has 0 fully saturated rings. The van der Waals surface area contributed by atoms with Crippen molar-refractivity contribution in [3.05, 3.63) is 52.4 Å². The van der Waals surface area contributed by atoms with Gasteiger partial charge < -0.3 is 19.7 Å². The van der Waals surface area contributed by atoms with E-state index < -0.39 is 0 Å². The number of phenols is 1. The molecule has 0 atom stereocenters. The van der Waals surface area contributed by atoms with Gasteiger partial charge in [-0.15, -0.1) is 11.3 Å². The van der Waals surface area contributed by atoms with Gasteiger partial charge in [0.25, 0.3) is 5.91 Å². The van der Waals surface area contributed by atoms with Crippen LogP contribution < -0.4 is 4.74 Å². The number of benzene rings is 1. The summed E-state index contributed by atoms with van der Waals surface area (Å²) in [4.78, 5) is 23.8. The molecule has 0 unspecified atom stereocenters. The molecule has 0 bridgehead atoms. The van der Waals surface area contributed by atoms with Crippen LogP contribution in [0.25, 0.3) is 10.4 Å². The highest BCUT2D eigenvalue weighted by molar-refractivity contribution is 7.15. The summed E-state index contributed by atoms with van der Waals surface area (Å²) in [6.07, 6.45) is 1.64. The fourth-order valence-electron chi connectivity index (χ4n) is 3.08. The molecule has 1 aliphatic rings. The number of nitrogens with one attached hydrogen (secondary N) is 1. The summed E-state index contributed by atoms with van der Waals surface area (Å²) < 4.78 is 5.73. The van der Waals surface area contributed by atoms with Crippen LogP contribution in [0.15, 0.2) is 30.5 Å². The fraction of sp³-hybridized carbons (Fsp3) is 0.263. The first kappa shape index (κ1) is 16.7. The van der Waals surface area contributed by atoms with Crippen molar-refractivity contribution in [2.45, 2.75) is 20.4 Å². The number of thiophene rings is 1. The molecule has 4 rings (SSSR count). The summed E-state index contributed by atoms with van der Waals surface area (Å²) >= 11 is 1.66. The maximum Gasteiger partial charge on any atom is 0.290 e. The summed E-state index contributed by atoms with van der Waals surface area (Å²) in [5.74, 6) is 0.700. The van der Waals surface area contributed by atoms with E-state index in [4.69, 9.17) is 4.74 Å². The maximum absolute atomic E-state index is 12.7. The maximum atomic E-state index is 12.7. The van der Waals surface area contributed by atoms with Gasteiger partial charge in [-0.05, 0) is 43.7 Å². The molecular formula is C19H19N3O3S. The van der Waals surface area contributed by atoms with E-state index in [2.05, 4.69) is 9.97 Å². The Morgan fingerprint density at radius 2 is 2.19 bits per heavy atom. The highest BCUT2D eigenvalue weighted by atomic mass is 32.1. The van der Waals surface area contributed by atoms with Crippen LogP contribution in [0.5, 0.6) is 11.5 Å². The van der Waals surface area contributed by atoms with E-state index in [1.54, 1.807) is 28.5 Å². The normalized spacial score (nSPS) is 13.8. The molecule has 0 radical (unpaired) electrons. The minimum atomic E-state index is -0.175. The predicted molar refractivity (Wildman–Crippen MR) is 99.7 cm³/mol. The molecule has 6 nitrogen and oxygen atoms in total. The third-order valence-electron chi connectivity index (χ3n) is 4.33. The number of H-pyrrole nitrogens is 1. The van der Waals surface area contributed by atoms with Crippen LogP contribution in [-0.4, -0.2) is 39.0 Å². The molecule has 0 saturated carbocycles. The topological polar surface area (TPSA) is 78.5 Å². The van der Waals surface area contributed by atoms with Crippen LogP contribution in [0.1, 0.15) is 26.8 Å². The summed E-state index contributed by atoms with van der Waals surface area (Å²) in [7, 11) is 0. The molecule has 134 valence electrons. The molecular weight excluding hydrogens is 350 g/mol. The molecule has 0 aliphatic carbocycles. The summed E-state index contributed by atoms with van der Waals surface area (Å²) in [6.45, 7) is 5.02. The Morgan fingerprint density at radius 1 is 1.35 bits per heavy atom. The molecule has 2 aromatic heterocycles. The Labute approximate surface area is 155 Å². The largest absolute Gasteiger partial charge is 0.504 e. The highest BCUT2D eigenvalue weighted by Gasteiger charge is 2.25. The average molecular weight is 369 g/mol. The number of aromatic amines is 1. The zero-order chi connectivity index (χ0) is 18.3. The van der Waals surface area contributed by atoms with Gasteiger partial charge in [0.1, 0.15) is 6.61 Å². The fourth-order valence-corrected chi connectivity index (χ4v) is 3.93. The summed E-state index contributed by atoms with van der Waals surface area (Å²) in [5, 5.41) is 10.4. The number of ether oxygens (including phenoxy) is 1. The Hall–Kier alpha value is -2.80. The van der Waals surface area contributed by atoms with Crippen LogP contribution in [0.2, 0.25) is 0 Å². The number of hydrogen-bond acceptors (Lipinski definition) is 5. The Kier molecular flexibility index (Phi) is 4.16. The van der Waals surface area contributed by atoms with E-state index in [1.165, 1.54) is 4.88 Å². The number of rotatable bonds is 2. The predicted octanol–water partition coefficient (Wildman–Crippen LogP) is 3.50. The number of nitrogens with zero attached hydrogens (tertiary/aromatic N) is 2. The van der Waals surface area contributed by atoms with E-state index in [1.807, 2.05) is 32.0 Å². The van der Waals surface area contributed by atoms with Gasteiger partial charge in [-0.3, -0.25) is 4.79 Å². The number of carbonyl (C=O) groups is 1. The van der Waals surface area contributed by atoms with Gasteiger partial charge in [0, 0.05) is 27.2 Å². The lowest BCUT2D eigenvalue weighted by Crippen LogP contribution is -2.33.